The van der Waals surface area contributed by atoms with Gasteiger partial charge in [-0.3, -0.25) is 5.32 Å². The van der Waals surface area contributed by atoms with E-state index < -0.39 is 6.03 Å². The standard InChI is InChI=1S/C17H15ClN4O2S/c1-11-2-8-14(9-3-11)24-10-15-21-22-17(25-15)20-16(23)19-13-6-4-12(18)5-7-13/h2-9H,10H2,1H3,(H2,19,20,22,23). The minimum atomic E-state index is -0.399. The van der Waals surface area contributed by atoms with Crippen molar-refractivity contribution in [1.82, 2.24) is 10.2 Å². The highest BCUT2D eigenvalue weighted by molar-refractivity contribution is 7.15. The lowest BCUT2D eigenvalue weighted by molar-refractivity contribution is 0.262. The smallest absolute Gasteiger partial charge is 0.325 e. The summed E-state index contributed by atoms with van der Waals surface area (Å²) in [6, 6.07) is 14.2. The Hall–Kier alpha value is -2.64. The summed E-state index contributed by atoms with van der Waals surface area (Å²) in [5.41, 5.74) is 1.80. The highest BCUT2D eigenvalue weighted by atomic mass is 35.5. The van der Waals surface area contributed by atoms with Crippen LogP contribution in [0.25, 0.3) is 0 Å². The maximum Gasteiger partial charge on any atom is 0.325 e. The fraction of sp³-hybridized carbons (Fsp3) is 0.118. The van der Waals surface area contributed by atoms with Gasteiger partial charge in [0.2, 0.25) is 5.13 Å². The lowest BCUT2D eigenvalue weighted by Crippen LogP contribution is -2.19. The van der Waals surface area contributed by atoms with Gasteiger partial charge in [0.25, 0.3) is 0 Å². The van der Waals surface area contributed by atoms with Gasteiger partial charge < -0.3 is 10.1 Å². The third-order valence-electron chi connectivity index (χ3n) is 3.17. The quantitative estimate of drug-likeness (QED) is 0.677. The van der Waals surface area contributed by atoms with Gasteiger partial charge in [0, 0.05) is 10.7 Å². The van der Waals surface area contributed by atoms with Crippen LogP contribution in [0.1, 0.15) is 10.6 Å². The van der Waals surface area contributed by atoms with Crippen molar-refractivity contribution >= 4 is 39.8 Å². The van der Waals surface area contributed by atoms with Crippen molar-refractivity contribution in [2.75, 3.05) is 10.6 Å². The fourth-order valence-electron chi connectivity index (χ4n) is 1.93. The monoisotopic (exact) mass is 374 g/mol. The Morgan fingerprint density at radius 2 is 1.80 bits per heavy atom. The summed E-state index contributed by atoms with van der Waals surface area (Å²) in [6.07, 6.45) is 0. The molecule has 0 fully saturated rings. The molecule has 0 aliphatic rings. The van der Waals surface area contributed by atoms with Crippen molar-refractivity contribution in [3.05, 3.63) is 64.1 Å². The number of aromatic nitrogens is 2. The average Bonchev–Trinajstić information content (AvgIpc) is 3.04. The van der Waals surface area contributed by atoms with Crippen LogP contribution in [0.5, 0.6) is 5.75 Å². The number of halogens is 1. The van der Waals surface area contributed by atoms with Crippen molar-refractivity contribution in [3.8, 4) is 5.75 Å². The van der Waals surface area contributed by atoms with Crippen LogP contribution in [-0.2, 0) is 6.61 Å². The molecule has 0 aliphatic carbocycles. The van der Waals surface area contributed by atoms with E-state index >= 15 is 0 Å². The zero-order valence-electron chi connectivity index (χ0n) is 13.3. The Bertz CT molecular complexity index is 850. The predicted molar refractivity (Wildman–Crippen MR) is 99.5 cm³/mol. The summed E-state index contributed by atoms with van der Waals surface area (Å²) >= 11 is 7.06. The second kappa shape index (κ2) is 7.96. The maximum atomic E-state index is 11.9. The molecule has 8 heteroatoms. The summed E-state index contributed by atoms with van der Waals surface area (Å²) in [6.45, 7) is 2.31. The van der Waals surface area contributed by atoms with Crippen molar-refractivity contribution < 1.29 is 9.53 Å². The second-order valence-corrected chi connectivity index (χ2v) is 6.69. The van der Waals surface area contributed by atoms with Crippen LogP contribution < -0.4 is 15.4 Å². The molecule has 0 aliphatic heterocycles. The zero-order valence-corrected chi connectivity index (χ0v) is 14.9. The molecule has 128 valence electrons. The fourth-order valence-corrected chi connectivity index (χ4v) is 2.71. The Labute approximate surface area is 153 Å². The first-order chi connectivity index (χ1) is 12.1. The molecule has 3 aromatic rings. The normalized spacial score (nSPS) is 10.3. The number of hydrogen-bond donors (Lipinski definition) is 2. The summed E-state index contributed by atoms with van der Waals surface area (Å²) in [5, 5.41) is 14.9. The Balaban J connectivity index is 1.51. The van der Waals surface area contributed by atoms with Crippen LogP contribution in [0.4, 0.5) is 15.6 Å². The minimum Gasteiger partial charge on any atom is -0.486 e. The number of nitrogens with zero attached hydrogens (tertiary/aromatic N) is 2. The van der Waals surface area contributed by atoms with E-state index in [-0.39, 0.29) is 0 Å². The van der Waals surface area contributed by atoms with Crippen LogP contribution in [0.2, 0.25) is 5.02 Å². The average molecular weight is 375 g/mol. The molecule has 3 rings (SSSR count). The number of benzene rings is 2. The number of anilines is 2. The molecular weight excluding hydrogens is 360 g/mol. The van der Waals surface area contributed by atoms with Crippen LogP contribution in [0.3, 0.4) is 0 Å². The molecule has 0 radical (unpaired) electrons. The SMILES string of the molecule is Cc1ccc(OCc2nnc(NC(=O)Nc3ccc(Cl)cc3)s2)cc1. The molecule has 1 heterocycles. The third kappa shape index (κ3) is 5.17. The van der Waals surface area contributed by atoms with Crippen LogP contribution >= 0.6 is 22.9 Å². The molecule has 0 saturated heterocycles. The molecule has 2 amide bonds. The first-order valence-corrected chi connectivity index (χ1v) is 8.63. The molecule has 0 saturated carbocycles. The Kier molecular flexibility index (Phi) is 5.47. The summed E-state index contributed by atoms with van der Waals surface area (Å²) in [4.78, 5) is 11.9. The van der Waals surface area contributed by atoms with Gasteiger partial charge in [-0.15, -0.1) is 10.2 Å². The van der Waals surface area contributed by atoms with E-state index in [0.29, 0.717) is 27.5 Å². The van der Waals surface area contributed by atoms with Crippen molar-refractivity contribution in [2.24, 2.45) is 0 Å². The van der Waals surface area contributed by atoms with Gasteiger partial charge in [0.15, 0.2) is 5.01 Å². The van der Waals surface area contributed by atoms with E-state index in [1.165, 1.54) is 16.9 Å². The molecule has 6 nitrogen and oxygen atoms in total. The number of rotatable bonds is 5. The highest BCUT2D eigenvalue weighted by Crippen LogP contribution is 2.19. The Morgan fingerprint density at radius 3 is 2.52 bits per heavy atom. The van der Waals surface area contributed by atoms with Gasteiger partial charge in [-0.25, -0.2) is 4.79 Å². The van der Waals surface area contributed by atoms with E-state index in [1.807, 2.05) is 31.2 Å². The third-order valence-corrected chi connectivity index (χ3v) is 4.24. The van der Waals surface area contributed by atoms with Crippen LogP contribution in [0, 0.1) is 6.92 Å². The summed E-state index contributed by atoms with van der Waals surface area (Å²) in [5.74, 6) is 0.760. The molecule has 0 unspecified atom stereocenters. The zero-order chi connectivity index (χ0) is 17.6. The van der Waals surface area contributed by atoms with Crippen LogP contribution in [-0.4, -0.2) is 16.2 Å². The molecule has 2 N–H and O–H groups in total. The number of ether oxygens (including phenoxy) is 1. The molecule has 1 aromatic heterocycles. The van der Waals surface area contributed by atoms with Crippen molar-refractivity contribution in [3.63, 3.8) is 0 Å². The molecule has 2 aromatic carbocycles. The van der Waals surface area contributed by atoms with Gasteiger partial charge in [-0.2, -0.15) is 0 Å². The molecule has 0 bridgehead atoms. The number of amides is 2. The van der Waals surface area contributed by atoms with Gasteiger partial charge in [-0.05, 0) is 43.3 Å². The first kappa shape index (κ1) is 17.2. The number of urea groups is 1. The molecule has 25 heavy (non-hydrogen) atoms. The highest BCUT2D eigenvalue weighted by Gasteiger charge is 2.09. The van der Waals surface area contributed by atoms with E-state index in [9.17, 15) is 4.79 Å². The number of carbonyl (C=O) groups is 1. The second-order valence-electron chi connectivity index (χ2n) is 5.19. The van der Waals surface area contributed by atoms with E-state index in [4.69, 9.17) is 16.3 Å². The predicted octanol–water partition coefficient (Wildman–Crippen LogP) is 4.72. The van der Waals surface area contributed by atoms with Gasteiger partial charge in [0.1, 0.15) is 12.4 Å². The summed E-state index contributed by atoms with van der Waals surface area (Å²) < 4.78 is 5.64. The Morgan fingerprint density at radius 1 is 1.08 bits per heavy atom. The van der Waals surface area contributed by atoms with Crippen molar-refractivity contribution in [1.29, 1.82) is 0 Å². The largest absolute Gasteiger partial charge is 0.486 e. The molecular formula is C17H15ClN4O2S. The van der Waals surface area contributed by atoms with Gasteiger partial charge >= 0.3 is 6.03 Å². The first-order valence-electron chi connectivity index (χ1n) is 7.44. The summed E-state index contributed by atoms with van der Waals surface area (Å²) in [7, 11) is 0. The van der Waals surface area contributed by atoms with Crippen molar-refractivity contribution in [2.45, 2.75) is 13.5 Å². The number of nitrogens with one attached hydrogen (secondary N) is 2. The van der Waals surface area contributed by atoms with Gasteiger partial charge in [-0.1, -0.05) is 40.6 Å². The molecule has 0 atom stereocenters. The maximum absolute atomic E-state index is 11.9. The lowest BCUT2D eigenvalue weighted by atomic mass is 10.2. The number of aryl methyl sites for hydroxylation is 1. The lowest BCUT2D eigenvalue weighted by Gasteiger charge is -2.05. The number of carbonyl (C=O) groups excluding carboxylic acids is 1. The minimum absolute atomic E-state index is 0.293. The van der Waals surface area contributed by atoms with E-state index in [1.54, 1.807) is 24.3 Å². The van der Waals surface area contributed by atoms with Crippen LogP contribution in [0.15, 0.2) is 48.5 Å². The topological polar surface area (TPSA) is 76.1 Å². The molecule has 0 spiro atoms. The van der Waals surface area contributed by atoms with Gasteiger partial charge in [0.05, 0.1) is 0 Å². The van der Waals surface area contributed by atoms with E-state index in [2.05, 4.69) is 20.8 Å². The van der Waals surface area contributed by atoms with E-state index in [0.717, 1.165) is 5.75 Å². The number of hydrogen-bond acceptors (Lipinski definition) is 5.